The van der Waals surface area contributed by atoms with E-state index in [4.69, 9.17) is 5.11 Å². The van der Waals surface area contributed by atoms with E-state index in [0.29, 0.717) is 0 Å². The number of nitrogens with zero attached hydrogens (tertiary/aromatic N) is 3. The van der Waals surface area contributed by atoms with Gasteiger partial charge in [-0.25, -0.2) is 4.39 Å². The number of alkyl halides is 1. The Hall–Kier alpha value is -1.50. The zero-order chi connectivity index (χ0) is 9.84. The summed E-state index contributed by atoms with van der Waals surface area (Å²) in [5.41, 5.74) is 0. The zero-order valence-electron chi connectivity index (χ0n) is 6.63. The van der Waals surface area contributed by atoms with Crippen molar-refractivity contribution >= 4 is 5.82 Å². The van der Waals surface area contributed by atoms with Gasteiger partial charge in [0.25, 0.3) is 0 Å². The highest BCUT2D eigenvalue weighted by Crippen LogP contribution is 2.06. The topological polar surface area (TPSA) is 81.2 Å². The van der Waals surface area contributed by atoms with E-state index >= 15 is 0 Å². The Labute approximate surface area is 72.8 Å². The molecular formula is C6H8FN3O3. The maximum Gasteiger partial charge on any atom is 0.381 e. The van der Waals surface area contributed by atoms with Gasteiger partial charge in [0.2, 0.25) is 6.33 Å². The van der Waals surface area contributed by atoms with Crippen LogP contribution in [0.1, 0.15) is 0 Å². The summed E-state index contributed by atoms with van der Waals surface area (Å²) in [7, 11) is 0. The molecule has 0 saturated carbocycles. The van der Waals surface area contributed by atoms with Crippen molar-refractivity contribution in [3.63, 3.8) is 0 Å². The molecule has 1 rings (SSSR count). The summed E-state index contributed by atoms with van der Waals surface area (Å²) in [6.45, 7) is -0.913. The molecule has 6 nitrogen and oxygen atoms in total. The Balaban J connectivity index is 2.64. The molecule has 72 valence electrons. The summed E-state index contributed by atoms with van der Waals surface area (Å²) < 4.78 is 13.1. The van der Waals surface area contributed by atoms with Gasteiger partial charge in [0.1, 0.15) is 19.0 Å². The number of halogens is 1. The van der Waals surface area contributed by atoms with Crippen LogP contribution in [0, 0.1) is 10.1 Å². The van der Waals surface area contributed by atoms with E-state index in [1.54, 1.807) is 0 Å². The molecule has 1 aromatic rings. The molecule has 1 N–H and O–H groups in total. The van der Waals surface area contributed by atoms with Gasteiger partial charge in [-0.3, -0.25) is 0 Å². The largest absolute Gasteiger partial charge is 0.389 e. The number of hydrogen-bond donors (Lipinski definition) is 1. The van der Waals surface area contributed by atoms with E-state index in [9.17, 15) is 14.5 Å². The maximum atomic E-state index is 11.8. The second-order valence-corrected chi connectivity index (χ2v) is 2.49. The SMILES string of the molecule is O=[N+]([O-])c1cn(CC(O)C[18F])cn1. The Morgan fingerprint density at radius 3 is 3.00 bits per heavy atom. The third kappa shape index (κ3) is 2.48. The normalized spacial score (nSPS) is 12.8. The molecule has 0 saturated heterocycles. The van der Waals surface area contributed by atoms with E-state index in [1.165, 1.54) is 10.9 Å². The van der Waals surface area contributed by atoms with Crippen molar-refractivity contribution in [2.24, 2.45) is 0 Å². The molecule has 13 heavy (non-hydrogen) atoms. The summed E-state index contributed by atoms with van der Waals surface area (Å²) in [6, 6.07) is 0. The molecule has 0 bridgehead atoms. The van der Waals surface area contributed by atoms with Crippen LogP contribution in [0.15, 0.2) is 12.5 Å². The minimum absolute atomic E-state index is 0.0304. The van der Waals surface area contributed by atoms with Crippen molar-refractivity contribution in [2.45, 2.75) is 12.6 Å². The van der Waals surface area contributed by atoms with Crippen LogP contribution in [0.25, 0.3) is 0 Å². The van der Waals surface area contributed by atoms with Crippen LogP contribution in [0.5, 0.6) is 0 Å². The van der Waals surface area contributed by atoms with Gasteiger partial charge in [-0.2, -0.15) is 0 Å². The highest BCUT2D eigenvalue weighted by atomic mass is 18.2. The highest BCUT2D eigenvalue weighted by Gasteiger charge is 2.11. The number of nitro groups is 1. The van der Waals surface area contributed by atoms with Gasteiger partial charge < -0.3 is 19.8 Å². The second-order valence-electron chi connectivity index (χ2n) is 2.49. The van der Waals surface area contributed by atoms with Crippen molar-refractivity contribution in [3.05, 3.63) is 22.6 Å². The Bertz CT molecular complexity index is 301. The molecule has 7 heteroatoms. The minimum atomic E-state index is -1.14. The highest BCUT2D eigenvalue weighted by molar-refractivity contribution is 5.12. The molecule has 1 heterocycles. The Kier molecular flexibility index (Phi) is 2.91. The lowest BCUT2D eigenvalue weighted by Crippen LogP contribution is -2.16. The summed E-state index contributed by atoms with van der Waals surface area (Å²) in [4.78, 5) is 12.9. The van der Waals surface area contributed by atoms with Crippen molar-refractivity contribution < 1.29 is 14.4 Å². The fraction of sp³-hybridized carbons (Fsp3) is 0.500. The quantitative estimate of drug-likeness (QED) is 0.537. The zero-order valence-corrected chi connectivity index (χ0v) is 6.63. The first-order chi connectivity index (χ1) is 6.13. The number of imidazole rings is 1. The lowest BCUT2D eigenvalue weighted by Gasteiger charge is -2.03. The van der Waals surface area contributed by atoms with Crippen LogP contribution in [-0.4, -0.2) is 32.4 Å². The first-order valence-electron chi connectivity index (χ1n) is 3.53. The lowest BCUT2D eigenvalue weighted by atomic mass is 10.4. The predicted octanol–water partition coefficient (Wildman–Crippen LogP) is 0.122. The third-order valence-electron chi connectivity index (χ3n) is 1.41. The average molecular weight is 188 g/mol. The molecule has 1 atom stereocenters. The van der Waals surface area contributed by atoms with E-state index in [0.717, 1.165) is 6.20 Å². The van der Waals surface area contributed by atoms with Gasteiger partial charge in [-0.05, 0) is 9.91 Å². The van der Waals surface area contributed by atoms with Crippen LogP contribution < -0.4 is 0 Å². The molecule has 0 aromatic carbocycles. The van der Waals surface area contributed by atoms with Crippen LogP contribution in [0.4, 0.5) is 10.2 Å². The maximum absolute atomic E-state index is 11.8. The fourth-order valence-corrected chi connectivity index (χ4v) is 0.835. The monoisotopic (exact) mass is 188 g/mol. The van der Waals surface area contributed by atoms with Crippen LogP contribution >= 0.6 is 0 Å². The number of aromatic nitrogens is 2. The molecule has 1 unspecified atom stereocenters. The predicted molar refractivity (Wildman–Crippen MR) is 40.9 cm³/mol. The molecule has 1 aromatic heterocycles. The summed E-state index contributed by atoms with van der Waals surface area (Å²) >= 11 is 0. The van der Waals surface area contributed by atoms with E-state index < -0.39 is 17.7 Å². The first kappa shape index (κ1) is 9.59. The molecule has 0 aliphatic carbocycles. The van der Waals surface area contributed by atoms with Crippen molar-refractivity contribution in [1.29, 1.82) is 0 Å². The smallest absolute Gasteiger partial charge is 0.381 e. The number of aliphatic hydroxyl groups is 1. The molecule has 0 spiro atoms. The number of aliphatic hydroxyl groups excluding tert-OH is 1. The minimum Gasteiger partial charge on any atom is -0.389 e. The third-order valence-corrected chi connectivity index (χ3v) is 1.41. The standard InChI is InChI=1S/C6H8FN3O3/c7-1-5(11)2-9-3-6(8-4-9)10(12)13/h3-5,11H,1-2H2/i7-1. The molecular weight excluding hydrogens is 180 g/mol. The number of rotatable bonds is 4. The fourth-order valence-electron chi connectivity index (χ4n) is 0.835. The summed E-state index contributed by atoms with van der Waals surface area (Å²) in [5, 5.41) is 19.0. The number of hydrogen-bond acceptors (Lipinski definition) is 4. The van der Waals surface area contributed by atoms with Crippen molar-refractivity contribution in [1.82, 2.24) is 9.55 Å². The van der Waals surface area contributed by atoms with Gasteiger partial charge in [-0.15, -0.1) is 0 Å². The Morgan fingerprint density at radius 2 is 2.54 bits per heavy atom. The van der Waals surface area contributed by atoms with E-state index in [1.807, 2.05) is 0 Å². The van der Waals surface area contributed by atoms with Gasteiger partial charge in [0, 0.05) is 0 Å². The van der Waals surface area contributed by atoms with Crippen LogP contribution in [0.2, 0.25) is 0 Å². The van der Waals surface area contributed by atoms with Crippen LogP contribution in [-0.2, 0) is 6.54 Å². The molecule has 0 fully saturated rings. The van der Waals surface area contributed by atoms with Gasteiger partial charge in [-0.1, -0.05) is 0 Å². The van der Waals surface area contributed by atoms with Gasteiger partial charge >= 0.3 is 5.82 Å². The van der Waals surface area contributed by atoms with Crippen LogP contribution in [0.3, 0.4) is 0 Å². The van der Waals surface area contributed by atoms with E-state index in [-0.39, 0.29) is 12.4 Å². The van der Waals surface area contributed by atoms with Crippen molar-refractivity contribution in [3.8, 4) is 0 Å². The second kappa shape index (κ2) is 3.94. The van der Waals surface area contributed by atoms with Crippen molar-refractivity contribution in [2.75, 3.05) is 6.67 Å². The lowest BCUT2D eigenvalue weighted by molar-refractivity contribution is -0.389. The molecule has 0 aliphatic rings. The molecule has 0 aliphatic heterocycles. The molecule has 0 radical (unpaired) electrons. The molecule has 0 amide bonds. The summed E-state index contributed by atoms with van der Waals surface area (Å²) in [6.07, 6.45) is 1.17. The first-order valence-corrected chi connectivity index (χ1v) is 3.53. The average Bonchev–Trinajstić information content (AvgIpc) is 2.52. The van der Waals surface area contributed by atoms with E-state index in [2.05, 4.69) is 4.98 Å². The van der Waals surface area contributed by atoms with Gasteiger partial charge in [0.05, 0.1) is 6.54 Å². The summed E-state index contributed by atoms with van der Waals surface area (Å²) in [5.74, 6) is -0.314. The van der Waals surface area contributed by atoms with Gasteiger partial charge in [0.15, 0.2) is 0 Å². The Morgan fingerprint density at radius 1 is 1.85 bits per heavy atom.